The van der Waals surface area contributed by atoms with Crippen molar-refractivity contribution in [2.45, 2.75) is 26.9 Å². The molecule has 0 radical (unpaired) electrons. The molecule has 4 rings (SSSR count). The van der Waals surface area contributed by atoms with Crippen molar-refractivity contribution in [3.8, 4) is 0 Å². The molecular weight excluding hydrogens is 388 g/mol. The fourth-order valence-corrected chi connectivity index (χ4v) is 3.77. The summed E-state index contributed by atoms with van der Waals surface area (Å²) in [4.78, 5) is 22.3. The second-order valence-electron chi connectivity index (χ2n) is 5.60. The number of hydrogen-bond acceptors (Lipinski definition) is 8. The molecule has 28 heavy (non-hydrogen) atoms. The van der Waals surface area contributed by atoms with Crippen molar-refractivity contribution in [3.63, 3.8) is 0 Å². The second-order valence-corrected chi connectivity index (χ2v) is 7.58. The molecule has 0 aliphatic carbocycles. The lowest BCUT2D eigenvalue weighted by molar-refractivity contribution is 0.797. The summed E-state index contributed by atoms with van der Waals surface area (Å²) in [6.45, 7) is 0.631. The van der Waals surface area contributed by atoms with Crippen molar-refractivity contribution in [1.29, 1.82) is 0 Å². The van der Waals surface area contributed by atoms with Gasteiger partial charge in [-0.2, -0.15) is 15.0 Å². The largest absolute Gasteiger partial charge is 0.350 e. The number of rotatable bonds is 7. The Bertz CT molecular complexity index is 957. The zero-order chi connectivity index (χ0) is 19.0. The van der Waals surface area contributed by atoms with Crippen LogP contribution >= 0.6 is 23.5 Å². The first-order valence-corrected chi connectivity index (χ1v) is 10.2. The number of pyridine rings is 2. The van der Waals surface area contributed by atoms with E-state index < -0.39 is 0 Å². The van der Waals surface area contributed by atoms with Crippen LogP contribution in [0, 0.1) is 0 Å². The molecule has 0 amide bonds. The van der Waals surface area contributed by atoms with E-state index in [0.717, 1.165) is 15.6 Å². The quantitative estimate of drug-likeness (QED) is 0.480. The van der Waals surface area contributed by atoms with Crippen LogP contribution < -0.4 is 5.32 Å². The molecule has 4 aromatic rings. The van der Waals surface area contributed by atoms with E-state index in [1.807, 2.05) is 54.6 Å². The molecule has 0 fully saturated rings. The summed E-state index contributed by atoms with van der Waals surface area (Å²) < 4.78 is 0. The van der Waals surface area contributed by atoms with Gasteiger partial charge in [0.15, 0.2) is 10.3 Å². The van der Waals surface area contributed by atoms with E-state index >= 15 is 0 Å². The Morgan fingerprint density at radius 1 is 0.643 bits per heavy atom. The number of nitrogens with one attached hydrogen (secondary N) is 1. The lowest BCUT2D eigenvalue weighted by Crippen LogP contribution is -2.06. The zero-order valence-corrected chi connectivity index (χ0v) is 16.4. The smallest absolute Gasteiger partial charge is 0.227 e. The topological polar surface area (TPSA) is 76.5 Å². The van der Waals surface area contributed by atoms with Crippen molar-refractivity contribution >= 4 is 29.5 Å². The Labute approximate surface area is 171 Å². The van der Waals surface area contributed by atoms with Crippen molar-refractivity contribution in [3.05, 3.63) is 84.7 Å². The first-order valence-electron chi connectivity index (χ1n) is 8.57. The van der Waals surface area contributed by atoms with Gasteiger partial charge in [-0.3, -0.25) is 0 Å². The predicted molar refractivity (Wildman–Crippen MR) is 110 cm³/mol. The highest BCUT2D eigenvalue weighted by Crippen LogP contribution is 2.28. The van der Waals surface area contributed by atoms with E-state index in [2.05, 4.69) is 42.4 Å². The summed E-state index contributed by atoms with van der Waals surface area (Å²) >= 11 is 2.80. The molecule has 1 N–H and O–H groups in total. The molecule has 0 aliphatic rings. The van der Waals surface area contributed by atoms with Crippen LogP contribution in [0.25, 0.3) is 0 Å². The maximum absolute atomic E-state index is 4.56. The number of nitrogens with zero attached hydrogens (tertiary/aromatic N) is 5. The van der Waals surface area contributed by atoms with Crippen LogP contribution in [-0.4, -0.2) is 24.9 Å². The van der Waals surface area contributed by atoms with Crippen LogP contribution in [0.4, 0.5) is 5.95 Å². The van der Waals surface area contributed by atoms with Crippen LogP contribution in [0.5, 0.6) is 0 Å². The van der Waals surface area contributed by atoms with E-state index in [1.165, 1.54) is 23.5 Å². The summed E-state index contributed by atoms with van der Waals surface area (Å²) in [7, 11) is 0. The van der Waals surface area contributed by atoms with Crippen LogP contribution in [-0.2, 0) is 6.54 Å². The van der Waals surface area contributed by atoms with Crippen molar-refractivity contribution in [2.24, 2.45) is 0 Å². The van der Waals surface area contributed by atoms with E-state index in [-0.39, 0.29) is 0 Å². The van der Waals surface area contributed by atoms with Crippen molar-refractivity contribution < 1.29 is 0 Å². The van der Waals surface area contributed by atoms with E-state index in [0.29, 0.717) is 22.8 Å². The molecule has 0 saturated heterocycles. The normalized spacial score (nSPS) is 10.6. The van der Waals surface area contributed by atoms with Crippen LogP contribution in [0.1, 0.15) is 5.56 Å². The summed E-state index contributed by atoms with van der Waals surface area (Å²) in [6, 6.07) is 21.6. The molecule has 0 bridgehead atoms. The standard InChI is InChI=1S/C20H16N6S2/c1-2-8-15(9-3-1)14-23-18-24-19(27-16-10-4-6-12-21-16)26-20(25-18)28-17-11-5-7-13-22-17/h1-13H,14H2,(H,23,24,25,26). The van der Waals surface area contributed by atoms with Crippen LogP contribution in [0.15, 0.2) is 99.5 Å². The molecule has 3 aromatic heterocycles. The Kier molecular flexibility index (Phi) is 6.11. The first kappa shape index (κ1) is 18.4. The zero-order valence-electron chi connectivity index (χ0n) is 14.8. The van der Waals surface area contributed by atoms with Crippen molar-refractivity contribution in [2.75, 3.05) is 5.32 Å². The SMILES string of the molecule is c1ccc(CNc2nc(Sc3ccccn3)nc(Sc3ccccn3)n2)cc1. The van der Waals surface area contributed by atoms with Gasteiger partial charge in [0, 0.05) is 18.9 Å². The third-order valence-electron chi connectivity index (χ3n) is 3.56. The van der Waals surface area contributed by atoms with Gasteiger partial charge in [-0.25, -0.2) is 9.97 Å². The highest BCUT2D eigenvalue weighted by molar-refractivity contribution is 7.99. The highest BCUT2D eigenvalue weighted by atomic mass is 32.2. The van der Waals surface area contributed by atoms with Gasteiger partial charge in [0.05, 0.1) is 0 Å². The van der Waals surface area contributed by atoms with Gasteiger partial charge < -0.3 is 5.32 Å². The number of hydrogen-bond donors (Lipinski definition) is 1. The minimum atomic E-state index is 0.524. The summed E-state index contributed by atoms with van der Waals surface area (Å²) in [5.74, 6) is 0.524. The first-order chi connectivity index (χ1) is 13.8. The average Bonchev–Trinajstić information content (AvgIpc) is 2.74. The van der Waals surface area contributed by atoms with Gasteiger partial charge >= 0.3 is 0 Å². The molecule has 3 heterocycles. The van der Waals surface area contributed by atoms with Gasteiger partial charge in [0.25, 0.3) is 0 Å². The molecule has 1 aromatic carbocycles. The third kappa shape index (κ3) is 5.28. The van der Waals surface area contributed by atoms with Gasteiger partial charge in [-0.05, 0) is 53.4 Å². The molecule has 6 nitrogen and oxygen atoms in total. The van der Waals surface area contributed by atoms with Crippen LogP contribution in [0.3, 0.4) is 0 Å². The number of anilines is 1. The van der Waals surface area contributed by atoms with Crippen molar-refractivity contribution in [1.82, 2.24) is 24.9 Å². The van der Waals surface area contributed by atoms with Gasteiger partial charge in [-0.1, -0.05) is 42.5 Å². The average molecular weight is 405 g/mol. The Balaban J connectivity index is 1.58. The maximum Gasteiger partial charge on any atom is 0.227 e. The second kappa shape index (κ2) is 9.29. The Morgan fingerprint density at radius 2 is 1.21 bits per heavy atom. The summed E-state index contributed by atoms with van der Waals surface area (Å²) in [6.07, 6.45) is 3.50. The fraction of sp³-hybridized carbons (Fsp3) is 0.0500. The molecule has 0 aliphatic heterocycles. The third-order valence-corrected chi connectivity index (χ3v) is 5.19. The molecular formula is C20H16N6S2. The minimum Gasteiger partial charge on any atom is -0.350 e. The highest BCUT2D eigenvalue weighted by Gasteiger charge is 2.11. The van der Waals surface area contributed by atoms with Crippen LogP contribution in [0.2, 0.25) is 0 Å². The van der Waals surface area contributed by atoms with E-state index in [9.17, 15) is 0 Å². The minimum absolute atomic E-state index is 0.524. The maximum atomic E-state index is 4.56. The molecule has 0 atom stereocenters. The van der Waals surface area contributed by atoms with E-state index in [4.69, 9.17) is 0 Å². The van der Waals surface area contributed by atoms with Gasteiger partial charge in [-0.15, -0.1) is 0 Å². The van der Waals surface area contributed by atoms with Gasteiger partial charge in [0.2, 0.25) is 5.95 Å². The summed E-state index contributed by atoms with van der Waals surface area (Å²) in [5.41, 5.74) is 1.15. The monoisotopic (exact) mass is 404 g/mol. The lowest BCUT2D eigenvalue weighted by atomic mass is 10.2. The Hall–Kier alpha value is -2.97. The Morgan fingerprint density at radius 3 is 1.75 bits per heavy atom. The van der Waals surface area contributed by atoms with Gasteiger partial charge in [0.1, 0.15) is 10.1 Å². The number of aromatic nitrogens is 5. The lowest BCUT2D eigenvalue weighted by Gasteiger charge is -2.08. The predicted octanol–water partition coefficient (Wildman–Crippen LogP) is 4.58. The number of benzene rings is 1. The fourth-order valence-electron chi connectivity index (χ4n) is 2.29. The molecule has 138 valence electrons. The molecule has 0 unspecified atom stereocenters. The molecule has 0 saturated carbocycles. The summed E-state index contributed by atoms with van der Waals surface area (Å²) in [5, 5.41) is 6.12. The molecule has 8 heteroatoms. The molecule has 0 spiro atoms. The van der Waals surface area contributed by atoms with E-state index in [1.54, 1.807) is 12.4 Å².